The summed E-state index contributed by atoms with van der Waals surface area (Å²) in [6, 6.07) is 22.7. The molecule has 1 heterocycles. The van der Waals surface area contributed by atoms with Gasteiger partial charge in [-0.05, 0) is 85.8 Å². The van der Waals surface area contributed by atoms with Crippen LogP contribution < -0.4 is 0 Å². The van der Waals surface area contributed by atoms with Crippen LogP contribution in [-0.4, -0.2) is 37.1 Å². The molecule has 0 aromatic heterocycles. The SMILES string of the molecule is CCOC(=O)C1(c2ccccc2)CCN(CCC=C(c2ccc(F)cc2)c2ccc(F)cc2)CC1. The molecule has 0 atom stereocenters. The van der Waals surface area contributed by atoms with Crippen molar-refractivity contribution in [1.29, 1.82) is 0 Å². The predicted octanol–water partition coefficient (Wildman–Crippen LogP) is 6.38. The maximum Gasteiger partial charge on any atom is 0.316 e. The molecular weight excluding hydrogens is 444 g/mol. The van der Waals surface area contributed by atoms with Gasteiger partial charge in [0.1, 0.15) is 11.6 Å². The first kappa shape index (κ1) is 24.8. The third-order valence-electron chi connectivity index (χ3n) is 6.81. The molecule has 0 N–H and O–H groups in total. The van der Waals surface area contributed by atoms with E-state index in [0.717, 1.165) is 48.3 Å². The quantitative estimate of drug-likeness (QED) is 0.354. The lowest BCUT2D eigenvalue weighted by molar-refractivity contribution is -0.152. The molecule has 3 aromatic rings. The van der Waals surface area contributed by atoms with Crippen molar-refractivity contribution in [2.24, 2.45) is 0 Å². The summed E-state index contributed by atoms with van der Waals surface area (Å²) in [4.78, 5) is 15.4. The minimum atomic E-state index is -0.600. The van der Waals surface area contributed by atoms with Gasteiger partial charge in [0.2, 0.25) is 0 Å². The van der Waals surface area contributed by atoms with Crippen molar-refractivity contribution in [1.82, 2.24) is 4.90 Å². The number of carbonyl (C=O) groups is 1. The molecule has 0 bridgehead atoms. The number of carbonyl (C=O) groups excluding carboxylic acids is 1. The molecule has 0 saturated carbocycles. The fourth-order valence-electron chi connectivity index (χ4n) is 4.85. The molecule has 35 heavy (non-hydrogen) atoms. The fourth-order valence-corrected chi connectivity index (χ4v) is 4.85. The van der Waals surface area contributed by atoms with E-state index in [4.69, 9.17) is 4.74 Å². The normalized spacial score (nSPS) is 15.4. The number of ether oxygens (including phenoxy) is 1. The lowest BCUT2D eigenvalue weighted by Crippen LogP contribution is -2.48. The largest absolute Gasteiger partial charge is 0.465 e. The molecular formula is C30H31F2NO2. The Hall–Kier alpha value is -3.31. The van der Waals surface area contributed by atoms with Crippen molar-refractivity contribution < 1.29 is 18.3 Å². The number of likely N-dealkylation sites (tertiary alicyclic amines) is 1. The zero-order valence-corrected chi connectivity index (χ0v) is 20.1. The van der Waals surface area contributed by atoms with Gasteiger partial charge in [-0.1, -0.05) is 60.7 Å². The van der Waals surface area contributed by atoms with Crippen LogP contribution in [0.5, 0.6) is 0 Å². The Morgan fingerprint density at radius 2 is 1.43 bits per heavy atom. The summed E-state index contributed by atoms with van der Waals surface area (Å²) in [7, 11) is 0. The standard InChI is InChI=1S/C30H31F2NO2/c1-2-35-29(34)30(25-7-4-3-5-8-25)18-21-33(22-19-30)20-6-9-28(23-10-14-26(31)15-11-23)24-12-16-27(32)17-13-24/h3-5,7-17H,2,6,18-22H2,1H3. The number of rotatable bonds is 8. The lowest BCUT2D eigenvalue weighted by Gasteiger charge is -2.40. The summed E-state index contributed by atoms with van der Waals surface area (Å²) in [6.45, 7) is 4.64. The Kier molecular flexibility index (Phi) is 8.09. The third-order valence-corrected chi connectivity index (χ3v) is 6.81. The van der Waals surface area contributed by atoms with Crippen LogP contribution in [-0.2, 0) is 14.9 Å². The van der Waals surface area contributed by atoms with Crippen molar-refractivity contribution >= 4 is 11.5 Å². The molecule has 4 rings (SSSR count). The molecule has 1 aliphatic rings. The summed E-state index contributed by atoms with van der Waals surface area (Å²) in [6.07, 6.45) is 4.33. The Morgan fingerprint density at radius 1 is 0.886 bits per heavy atom. The fraction of sp³-hybridized carbons (Fsp3) is 0.300. The zero-order chi connectivity index (χ0) is 24.7. The molecule has 0 spiro atoms. The van der Waals surface area contributed by atoms with Gasteiger partial charge in [0, 0.05) is 6.54 Å². The van der Waals surface area contributed by atoms with Crippen LogP contribution in [0.4, 0.5) is 8.78 Å². The maximum absolute atomic E-state index is 13.5. The number of esters is 1. The Balaban J connectivity index is 1.46. The molecule has 3 aromatic carbocycles. The molecule has 1 fully saturated rings. The average molecular weight is 476 g/mol. The summed E-state index contributed by atoms with van der Waals surface area (Å²) >= 11 is 0. The van der Waals surface area contributed by atoms with E-state index in [9.17, 15) is 13.6 Å². The van der Waals surface area contributed by atoms with Crippen LogP contribution in [0.25, 0.3) is 5.57 Å². The average Bonchev–Trinajstić information content (AvgIpc) is 2.89. The van der Waals surface area contributed by atoms with Crippen molar-refractivity contribution in [3.05, 3.63) is 113 Å². The van der Waals surface area contributed by atoms with Crippen LogP contribution in [0.3, 0.4) is 0 Å². The van der Waals surface area contributed by atoms with Gasteiger partial charge in [-0.25, -0.2) is 8.78 Å². The molecule has 0 amide bonds. The molecule has 3 nitrogen and oxygen atoms in total. The number of halogens is 2. The number of hydrogen-bond donors (Lipinski definition) is 0. The second kappa shape index (κ2) is 11.4. The van der Waals surface area contributed by atoms with E-state index in [1.54, 1.807) is 24.3 Å². The molecule has 5 heteroatoms. The van der Waals surface area contributed by atoms with E-state index in [1.807, 2.05) is 37.3 Å². The Bertz CT molecular complexity index is 1090. The highest BCUT2D eigenvalue weighted by atomic mass is 19.1. The second-order valence-electron chi connectivity index (χ2n) is 8.93. The van der Waals surface area contributed by atoms with Crippen LogP contribution in [0.15, 0.2) is 84.9 Å². The summed E-state index contributed by atoms with van der Waals surface area (Å²) in [5.74, 6) is -0.714. The van der Waals surface area contributed by atoms with E-state index in [-0.39, 0.29) is 17.6 Å². The minimum absolute atomic E-state index is 0.138. The second-order valence-corrected chi connectivity index (χ2v) is 8.93. The first-order chi connectivity index (χ1) is 17.0. The van der Waals surface area contributed by atoms with Crippen LogP contribution in [0.2, 0.25) is 0 Å². The van der Waals surface area contributed by atoms with Gasteiger partial charge in [0.25, 0.3) is 0 Å². The molecule has 182 valence electrons. The number of piperidine rings is 1. The smallest absolute Gasteiger partial charge is 0.316 e. The molecule has 1 saturated heterocycles. The summed E-state index contributed by atoms with van der Waals surface area (Å²) in [5, 5.41) is 0. The van der Waals surface area contributed by atoms with Gasteiger partial charge in [-0.15, -0.1) is 0 Å². The number of hydrogen-bond acceptors (Lipinski definition) is 3. The topological polar surface area (TPSA) is 29.5 Å². The first-order valence-corrected chi connectivity index (χ1v) is 12.2. The molecule has 0 aliphatic carbocycles. The van der Waals surface area contributed by atoms with E-state index in [0.29, 0.717) is 19.4 Å². The zero-order valence-electron chi connectivity index (χ0n) is 20.1. The van der Waals surface area contributed by atoms with E-state index in [2.05, 4.69) is 11.0 Å². The van der Waals surface area contributed by atoms with Crippen LogP contribution in [0.1, 0.15) is 42.9 Å². The Labute approximate surface area is 206 Å². The van der Waals surface area contributed by atoms with Gasteiger partial charge in [-0.2, -0.15) is 0 Å². The number of nitrogens with zero attached hydrogens (tertiary/aromatic N) is 1. The number of benzene rings is 3. The minimum Gasteiger partial charge on any atom is -0.465 e. The maximum atomic E-state index is 13.5. The molecule has 1 aliphatic heterocycles. The predicted molar refractivity (Wildman–Crippen MR) is 135 cm³/mol. The third kappa shape index (κ3) is 5.85. The van der Waals surface area contributed by atoms with E-state index in [1.165, 1.54) is 24.3 Å². The lowest BCUT2D eigenvalue weighted by atomic mass is 9.72. The van der Waals surface area contributed by atoms with Gasteiger partial charge in [-0.3, -0.25) is 4.79 Å². The monoisotopic (exact) mass is 475 g/mol. The molecule has 0 radical (unpaired) electrons. The van der Waals surface area contributed by atoms with Crippen molar-refractivity contribution in [2.45, 2.75) is 31.6 Å². The summed E-state index contributed by atoms with van der Waals surface area (Å²) in [5.41, 5.74) is 3.15. The van der Waals surface area contributed by atoms with Crippen LogP contribution >= 0.6 is 0 Å². The first-order valence-electron chi connectivity index (χ1n) is 12.2. The van der Waals surface area contributed by atoms with E-state index >= 15 is 0 Å². The van der Waals surface area contributed by atoms with Crippen molar-refractivity contribution in [3.63, 3.8) is 0 Å². The van der Waals surface area contributed by atoms with Gasteiger partial charge < -0.3 is 9.64 Å². The van der Waals surface area contributed by atoms with Crippen molar-refractivity contribution in [3.8, 4) is 0 Å². The highest BCUT2D eigenvalue weighted by molar-refractivity contribution is 5.83. The van der Waals surface area contributed by atoms with Gasteiger partial charge in [0.15, 0.2) is 0 Å². The summed E-state index contributed by atoms with van der Waals surface area (Å²) < 4.78 is 32.4. The van der Waals surface area contributed by atoms with E-state index < -0.39 is 5.41 Å². The van der Waals surface area contributed by atoms with Gasteiger partial charge >= 0.3 is 5.97 Å². The van der Waals surface area contributed by atoms with Gasteiger partial charge in [0.05, 0.1) is 12.0 Å². The molecule has 0 unspecified atom stereocenters. The van der Waals surface area contributed by atoms with Crippen molar-refractivity contribution in [2.75, 3.05) is 26.2 Å². The highest BCUT2D eigenvalue weighted by Crippen LogP contribution is 2.37. The Morgan fingerprint density at radius 3 is 1.94 bits per heavy atom. The van der Waals surface area contributed by atoms with Crippen LogP contribution in [0, 0.1) is 11.6 Å². The highest BCUT2D eigenvalue weighted by Gasteiger charge is 2.43.